The van der Waals surface area contributed by atoms with Crippen LogP contribution < -0.4 is 0 Å². The maximum absolute atomic E-state index is 5.25. The second-order valence-electron chi connectivity index (χ2n) is 11.8. The SMILES string of the molecule is c1ccc(-c2nc3ccccn3c2-c2ccc(-c3cccc(-c4nc5ccccc5c5c(-c6ccccc6)cccc45)c3)cc2)cc1. The van der Waals surface area contributed by atoms with Crippen LogP contribution in [0.1, 0.15) is 0 Å². The van der Waals surface area contributed by atoms with Crippen molar-refractivity contribution in [3.05, 3.63) is 176 Å². The number of pyridine rings is 2. The van der Waals surface area contributed by atoms with Crippen LogP contribution in [0.25, 0.3) is 83.3 Å². The average Bonchev–Trinajstić information content (AvgIpc) is 3.55. The van der Waals surface area contributed by atoms with Crippen LogP contribution in [0, 0.1) is 0 Å². The smallest absolute Gasteiger partial charge is 0.137 e. The third kappa shape index (κ3) is 4.68. The molecule has 0 N–H and O–H groups in total. The van der Waals surface area contributed by atoms with E-state index < -0.39 is 0 Å². The number of para-hydroxylation sites is 1. The van der Waals surface area contributed by atoms with E-state index >= 15 is 0 Å². The van der Waals surface area contributed by atoms with Gasteiger partial charge in [-0.25, -0.2) is 9.97 Å². The van der Waals surface area contributed by atoms with E-state index in [4.69, 9.17) is 9.97 Å². The van der Waals surface area contributed by atoms with Crippen molar-refractivity contribution in [2.24, 2.45) is 0 Å². The molecule has 3 aromatic heterocycles. The number of rotatable bonds is 5. The predicted octanol–water partition coefficient (Wildman–Crippen LogP) is 11.4. The van der Waals surface area contributed by atoms with Gasteiger partial charge in [-0.3, -0.25) is 4.40 Å². The first kappa shape index (κ1) is 27.0. The summed E-state index contributed by atoms with van der Waals surface area (Å²) in [6.45, 7) is 0. The lowest BCUT2D eigenvalue weighted by Gasteiger charge is -2.15. The van der Waals surface area contributed by atoms with Crippen LogP contribution in [-0.4, -0.2) is 14.4 Å². The maximum atomic E-state index is 5.25. The number of hydrogen-bond donors (Lipinski definition) is 0. The monoisotopic (exact) mass is 599 g/mol. The topological polar surface area (TPSA) is 30.2 Å². The minimum Gasteiger partial charge on any atom is -0.299 e. The third-order valence-corrected chi connectivity index (χ3v) is 9.01. The van der Waals surface area contributed by atoms with Gasteiger partial charge in [0.1, 0.15) is 5.65 Å². The summed E-state index contributed by atoms with van der Waals surface area (Å²) in [5.74, 6) is 0. The molecular weight excluding hydrogens is 571 g/mol. The molecule has 0 aliphatic carbocycles. The van der Waals surface area contributed by atoms with Gasteiger partial charge in [-0.05, 0) is 46.5 Å². The molecule has 47 heavy (non-hydrogen) atoms. The van der Waals surface area contributed by atoms with Crippen LogP contribution in [0.5, 0.6) is 0 Å². The minimum atomic E-state index is 0.934. The molecule has 0 amide bonds. The molecule has 0 aliphatic heterocycles. The zero-order chi connectivity index (χ0) is 31.2. The normalized spacial score (nSPS) is 11.4. The van der Waals surface area contributed by atoms with E-state index in [-0.39, 0.29) is 0 Å². The molecule has 0 fully saturated rings. The maximum Gasteiger partial charge on any atom is 0.137 e. The lowest BCUT2D eigenvalue weighted by Crippen LogP contribution is -1.92. The van der Waals surface area contributed by atoms with Gasteiger partial charge in [0, 0.05) is 39.0 Å². The van der Waals surface area contributed by atoms with E-state index in [1.165, 1.54) is 21.9 Å². The summed E-state index contributed by atoms with van der Waals surface area (Å²) in [5, 5.41) is 3.55. The Balaban J connectivity index is 1.16. The summed E-state index contributed by atoms with van der Waals surface area (Å²) in [4.78, 5) is 10.3. The molecule has 3 heterocycles. The molecule has 9 aromatic rings. The van der Waals surface area contributed by atoms with Gasteiger partial charge in [0.25, 0.3) is 0 Å². The van der Waals surface area contributed by atoms with Crippen LogP contribution in [0.2, 0.25) is 0 Å². The molecule has 0 radical (unpaired) electrons. The largest absolute Gasteiger partial charge is 0.299 e. The lowest BCUT2D eigenvalue weighted by molar-refractivity contribution is 1.19. The quantitative estimate of drug-likeness (QED) is 0.184. The second-order valence-corrected chi connectivity index (χ2v) is 11.8. The Morgan fingerprint density at radius 3 is 1.85 bits per heavy atom. The highest BCUT2D eigenvalue weighted by Gasteiger charge is 2.17. The van der Waals surface area contributed by atoms with E-state index in [1.807, 2.05) is 12.1 Å². The fraction of sp³-hybridized carbons (Fsp3) is 0. The van der Waals surface area contributed by atoms with Crippen molar-refractivity contribution in [1.82, 2.24) is 14.4 Å². The van der Waals surface area contributed by atoms with E-state index in [9.17, 15) is 0 Å². The van der Waals surface area contributed by atoms with Crippen molar-refractivity contribution >= 4 is 27.3 Å². The fourth-order valence-corrected chi connectivity index (χ4v) is 6.82. The summed E-state index contributed by atoms with van der Waals surface area (Å²) in [6.07, 6.45) is 2.09. The van der Waals surface area contributed by atoms with Crippen molar-refractivity contribution < 1.29 is 0 Å². The van der Waals surface area contributed by atoms with Crippen molar-refractivity contribution in [3.8, 4) is 56.0 Å². The Hall–Kier alpha value is -6.32. The molecule has 220 valence electrons. The zero-order valence-corrected chi connectivity index (χ0v) is 25.6. The zero-order valence-electron chi connectivity index (χ0n) is 25.6. The molecule has 0 aliphatic rings. The molecule has 0 saturated carbocycles. The molecule has 0 spiro atoms. The number of benzene rings is 6. The Kier molecular flexibility index (Phi) is 6.46. The van der Waals surface area contributed by atoms with Crippen LogP contribution in [-0.2, 0) is 0 Å². The van der Waals surface area contributed by atoms with Gasteiger partial charge < -0.3 is 0 Å². The van der Waals surface area contributed by atoms with Crippen molar-refractivity contribution in [1.29, 1.82) is 0 Å². The number of fused-ring (bicyclic) bond motifs is 4. The van der Waals surface area contributed by atoms with Gasteiger partial charge in [0.15, 0.2) is 0 Å². The molecule has 0 bridgehead atoms. The van der Waals surface area contributed by atoms with Crippen molar-refractivity contribution in [2.75, 3.05) is 0 Å². The van der Waals surface area contributed by atoms with E-state index in [1.54, 1.807) is 0 Å². The van der Waals surface area contributed by atoms with Gasteiger partial charge in [0.05, 0.1) is 22.6 Å². The van der Waals surface area contributed by atoms with Gasteiger partial charge in [-0.15, -0.1) is 0 Å². The molecule has 3 nitrogen and oxygen atoms in total. The van der Waals surface area contributed by atoms with E-state index in [0.717, 1.165) is 61.4 Å². The highest BCUT2D eigenvalue weighted by atomic mass is 15.0. The Morgan fingerprint density at radius 2 is 1.02 bits per heavy atom. The standard InChI is InChI=1S/C44H29N3/c1-3-13-31(14-4-1)36-20-12-21-38-41(36)37-19-7-8-22-39(37)45-42(38)35-18-11-17-34(29-35)30-24-26-33(27-25-30)44-43(32-15-5-2-6-16-32)46-40-23-9-10-28-47(40)44/h1-29H. The van der Waals surface area contributed by atoms with Crippen LogP contribution in [0.15, 0.2) is 176 Å². The van der Waals surface area contributed by atoms with Crippen molar-refractivity contribution in [2.45, 2.75) is 0 Å². The molecule has 0 saturated heterocycles. The van der Waals surface area contributed by atoms with Gasteiger partial charge >= 0.3 is 0 Å². The van der Waals surface area contributed by atoms with Gasteiger partial charge in [-0.2, -0.15) is 0 Å². The summed E-state index contributed by atoms with van der Waals surface area (Å²) in [7, 11) is 0. The van der Waals surface area contributed by atoms with Crippen LogP contribution >= 0.6 is 0 Å². The molecule has 3 heteroatoms. The summed E-state index contributed by atoms with van der Waals surface area (Å²) in [5.41, 5.74) is 13.1. The van der Waals surface area contributed by atoms with Crippen LogP contribution in [0.3, 0.4) is 0 Å². The highest BCUT2D eigenvalue weighted by molar-refractivity contribution is 6.17. The van der Waals surface area contributed by atoms with Gasteiger partial charge in [-0.1, -0.05) is 146 Å². The second kappa shape index (κ2) is 11.2. The number of imidazole rings is 1. The van der Waals surface area contributed by atoms with Crippen molar-refractivity contribution in [3.63, 3.8) is 0 Å². The third-order valence-electron chi connectivity index (χ3n) is 9.01. The van der Waals surface area contributed by atoms with Crippen LogP contribution in [0.4, 0.5) is 0 Å². The number of hydrogen-bond acceptors (Lipinski definition) is 2. The first-order chi connectivity index (χ1) is 23.3. The Bertz CT molecular complexity index is 2550. The predicted molar refractivity (Wildman–Crippen MR) is 195 cm³/mol. The summed E-state index contributed by atoms with van der Waals surface area (Å²) >= 11 is 0. The van der Waals surface area contributed by atoms with E-state index in [2.05, 4.69) is 168 Å². The molecular formula is C44H29N3. The summed E-state index contributed by atoms with van der Waals surface area (Å²) < 4.78 is 2.18. The molecule has 0 unspecified atom stereocenters. The average molecular weight is 600 g/mol. The number of aromatic nitrogens is 3. The fourth-order valence-electron chi connectivity index (χ4n) is 6.82. The minimum absolute atomic E-state index is 0.934. The number of nitrogens with zero attached hydrogens (tertiary/aromatic N) is 3. The Morgan fingerprint density at radius 1 is 0.383 bits per heavy atom. The lowest BCUT2D eigenvalue weighted by atomic mass is 9.92. The molecule has 0 atom stereocenters. The molecule has 9 rings (SSSR count). The van der Waals surface area contributed by atoms with Gasteiger partial charge in [0.2, 0.25) is 0 Å². The Labute approximate surface area is 273 Å². The highest BCUT2D eigenvalue weighted by Crippen LogP contribution is 2.40. The van der Waals surface area contributed by atoms with E-state index in [0.29, 0.717) is 0 Å². The summed E-state index contributed by atoms with van der Waals surface area (Å²) in [6, 6.07) is 59.9. The first-order valence-electron chi connectivity index (χ1n) is 15.9. The molecule has 6 aromatic carbocycles. The first-order valence-corrected chi connectivity index (χ1v) is 15.9.